The molecular weight excluding hydrogens is 336 g/mol. The first-order valence-corrected chi connectivity index (χ1v) is 7.86. The molecule has 22 heavy (non-hydrogen) atoms. The first kappa shape index (κ1) is 18.7. The molecule has 3 N–H and O–H groups in total. The molecule has 0 amide bonds. The highest BCUT2D eigenvalue weighted by atomic mass is 35.5. The maximum absolute atomic E-state index is 13.0. The van der Waals surface area contributed by atoms with Crippen molar-refractivity contribution in [2.24, 2.45) is 5.73 Å². The number of aromatic nitrogens is 1. The van der Waals surface area contributed by atoms with Crippen molar-refractivity contribution >= 4 is 33.3 Å². The van der Waals surface area contributed by atoms with Crippen LogP contribution in [0.5, 0.6) is 0 Å². The van der Waals surface area contributed by atoms with E-state index in [9.17, 15) is 17.2 Å². The van der Waals surface area contributed by atoms with Crippen LogP contribution in [0, 0.1) is 0 Å². The standard InChI is InChI=1S/C13H15F2N3O2S.ClH/c14-13(15,8-16)9-18-21(19,20)7-11-4-1-3-10-5-2-6-17-12(10)11;/h1-6,18H,7-9,16H2;1H. The third kappa shape index (κ3) is 4.84. The summed E-state index contributed by atoms with van der Waals surface area (Å²) < 4.78 is 51.7. The van der Waals surface area contributed by atoms with E-state index in [1.54, 1.807) is 36.5 Å². The second-order valence-electron chi connectivity index (χ2n) is 4.63. The van der Waals surface area contributed by atoms with Gasteiger partial charge in [-0.2, -0.15) is 0 Å². The summed E-state index contributed by atoms with van der Waals surface area (Å²) in [4.78, 5) is 4.13. The Morgan fingerprint density at radius 3 is 2.59 bits per heavy atom. The number of nitrogens with one attached hydrogen (secondary N) is 1. The number of alkyl halides is 2. The van der Waals surface area contributed by atoms with E-state index in [-0.39, 0.29) is 12.4 Å². The van der Waals surface area contributed by atoms with Crippen LogP contribution >= 0.6 is 12.4 Å². The van der Waals surface area contributed by atoms with Gasteiger partial charge in [0, 0.05) is 11.6 Å². The van der Waals surface area contributed by atoms with E-state index in [0.29, 0.717) is 11.1 Å². The van der Waals surface area contributed by atoms with Crippen LogP contribution in [0.1, 0.15) is 5.56 Å². The van der Waals surface area contributed by atoms with E-state index < -0.39 is 34.8 Å². The van der Waals surface area contributed by atoms with Gasteiger partial charge in [0.25, 0.3) is 5.92 Å². The van der Waals surface area contributed by atoms with Gasteiger partial charge in [-0.3, -0.25) is 4.98 Å². The number of para-hydroxylation sites is 1. The highest BCUT2D eigenvalue weighted by Crippen LogP contribution is 2.18. The fourth-order valence-corrected chi connectivity index (χ4v) is 3.00. The van der Waals surface area contributed by atoms with Crippen LogP contribution in [-0.4, -0.2) is 32.4 Å². The zero-order valence-electron chi connectivity index (χ0n) is 11.5. The van der Waals surface area contributed by atoms with Gasteiger partial charge in [0.2, 0.25) is 10.0 Å². The van der Waals surface area contributed by atoms with Gasteiger partial charge in [-0.25, -0.2) is 21.9 Å². The van der Waals surface area contributed by atoms with E-state index in [1.165, 1.54) is 0 Å². The van der Waals surface area contributed by atoms with Crippen LogP contribution in [0.4, 0.5) is 8.78 Å². The van der Waals surface area contributed by atoms with E-state index in [4.69, 9.17) is 5.73 Å². The van der Waals surface area contributed by atoms with Crippen molar-refractivity contribution in [2.45, 2.75) is 11.7 Å². The van der Waals surface area contributed by atoms with Crippen LogP contribution in [0.25, 0.3) is 10.9 Å². The van der Waals surface area contributed by atoms with Crippen molar-refractivity contribution in [3.8, 4) is 0 Å². The minimum Gasteiger partial charge on any atom is -0.325 e. The van der Waals surface area contributed by atoms with Crippen LogP contribution in [0.2, 0.25) is 0 Å². The van der Waals surface area contributed by atoms with Crippen molar-refractivity contribution in [3.63, 3.8) is 0 Å². The summed E-state index contributed by atoms with van der Waals surface area (Å²) in [5, 5.41) is 0.789. The topological polar surface area (TPSA) is 85.1 Å². The molecule has 0 saturated carbocycles. The SMILES string of the molecule is Cl.NCC(F)(F)CNS(=O)(=O)Cc1cccc2cccnc12. The summed E-state index contributed by atoms with van der Waals surface area (Å²) in [6.45, 7) is -1.92. The molecule has 0 unspecified atom stereocenters. The normalized spacial score (nSPS) is 12.1. The lowest BCUT2D eigenvalue weighted by Crippen LogP contribution is -2.41. The molecule has 0 fully saturated rings. The third-order valence-corrected chi connectivity index (χ3v) is 4.19. The number of halogens is 3. The second-order valence-corrected chi connectivity index (χ2v) is 6.44. The van der Waals surface area contributed by atoms with E-state index in [1.807, 2.05) is 4.72 Å². The molecule has 0 radical (unpaired) electrons. The number of sulfonamides is 1. The Labute approximate surface area is 133 Å². The number of pyridine rings is 1. The predicted molar refractivity (Wildman–Crippen MR) is 83.6 cm³/mol. The molecule has 0 atom stereocenters. The molecule has 0 spiro atoms. The summed E-state index contributed by atoms with van der Waals surface area (Å²) in [5.41, 5.74) is 5.86. The molecule has 122 valence electrons. The summed E-state index contributed by atoms with van der Waals surface area (Å²) in [6, 6.07) is 8.64. The Balaban J connectivity index is 0.00000242. The lowest BCUT2D eigenvalue weighted by Gasteiger charge is -2.15. The van der Waals surface area contributed by atoms with Crippen LogP contribution < -0.4 is 10.5 Å². The van der Waals surface area contributed by atoms with Gasteiger partial charge in [0.15, 0.2) is 0 Å². The fourth-order valence-electron chi connectivity index (χ4n) is 1.83. The maximum Gasteiger partial charge on any atom is 0.273 e. The van der Waals surface area contributed by atoms with E-state index in [2.05, 4.69) is 4.98 Å². The highest BCUT2D eigenvalue weighted by Gasteiger charge is 2.29. The molecular formula is C13H16ClF2N3O2S. The molecule has 2 aromatic rings. The van der Waals surface area contributed by atoms with Gasteiger partial charge < -0.3 is 5.73 Å². The lowest BCUT2D eigenvalue weighted by molar-refractivity contribution is 0.0170. The van der Waals surface area contributed by atoms with Gasteiger partial charge in [0.05, 0.1) is 24.4 Å². The van der Waals surface area contributed by atoms with Gasteiger partial charge in [-0.1, -0.05) is 24.3 Å². The minimum absolute atomic E-state index is 0. The smallest absolute Gasteiger partial charge is 0.273 e. The minimum atomic E-state index is -3.89. The van der Waals surface area contributed by atoms with Gasteiger partial charge in [0.1, 0.15) is 0 Å². The number of hydrogen-bond donors (Lipinski definition) is 2. The van der Waals surface area contributed by atoms with Crippen molar-refractivity contribution in [1.82, 2.24) is 9.71 Å². The van der Waals surface area contributed by atoms with Crippen LogP contribution in [-0.2, 0) is 15.8 Å². The number of fused-ring (bicyclic) bond motifs is 1. The predicted octanol–water partition coefficient (Wildman–Crippen LogP) is 1.67. The van der Waals surface area contributed by atoms with Gasteiger partial charge >= 0.3 is 0 Å². The molecule has 1 heterocycles. The summed E-state index contributed by atoms with van der Waals surface area (Å²) >= 11 is 0. The molecule has 0 aliphatic rings. The van der Waals surface area contributed by atoms with E-state index >= 15 is 0 Å². The summed E-state index contributed by atoms with van der Waals surface area (Å²) in [7, 11) is -3.89. The molecule has 0 aliphatic carbocycles. The zero-order chi connectivity index (χ0) is 15.5. The number of rotatable bonds is 6. The molecule has 0 saturated heterocycles. The van der Waals surface area contributed by atoms with Gasteiger partial charge in [-0.05, 0) is 11.6 Å². The number of nitrogens with two attached hydrogens (primary N) is 1. The van der Waals surface area contributed by atoms with Crippen molar-refractivity contribution in [2.75, 3.05) is 13.1 Å². The van der Waals surface area contributed by atoms with Crippen molar-refractivity contribution < 1.29 is 17.2 Å². The Morgan fingerprint density at radius 2 is 1.91 bits per heavy atom. The Hall–Kier alpha value is -1.35. The molecule has 1 aromatic heterocycles. The average Bonchev–Trinajstić information content (AvgIpc) is 2.46. The first-order chi connectivity index (χ1) is 9.83. The Bertz CT molecular complexity index is 736. The molecule has 0 bridgehead atoms. The van der Waals surface area contributed by atoms with Gasteiger partial charge in [-0.15, -0.1) is 12.4 Å². The highest BCUT2D eigenvalue weighted by molar-refractivity contribution is 7.88. The first-order valence-electron chi connectivity index (χ1n) is 6.21. The lowest BCUT2D eigenvalue weighted by atomic mass is 10.1. The van der Waals surface area contributed by atoms with Crippen molar-refractivity contribution in [1.29, 1.82) is 0 Å². The maximum atomic E-state index is 13.0. The summed E-state index contributed by atoms with van der Waals surface area (Å²) in [6.07, 6.45) is 1.55. The average molecular weight is 352 g/mol. The quantitative estimate of drug-likeness (QED) is 0.829. The van der Waals surface area contributed by atoms with Crippen LogP contribution in [0.15, 0.2) is 36.5 Å². The Kier molecular flexibility index (Phi) is 6.18. The Morgan fingerprint density at radius 1 is 1.23 bits per heavy atom. The fraction of sp³-hybridized carbons (Fsp3) is 0.308. The monoisotopic (exact) mass is 351 g/mol. The zero-order valence-corrected chi connectivity index (χ0v) is 13.1. The number of nitrogens with zero attached hydrogens (tertiary/aromatic N) is 1. The van der Waals surface area contributed by atoms with E-state index in [0.717, 1.165) is 5.39 Å². The third-order valence-electron chi connectivity index (χ3n) is 2.91. The molecule has 9 heteroatoms. The number of hydrogen-bond acceptors (Lipinski definition) is 4. The van der Waals surface area contributed by atoms with Crippen LogP contribution in [0.3, 0.4) is 0 Å². The molecule has 2 rings (SSSR count). The second kappa shape index (κ2) is 7.28. The van der Waals surface area contributed by atoms with Crippen molar-refractivity contribution in [3.05, 3.63) is 42.1 Å². The largest absolute Gasteiger partial charge is 0.325 e. The molecule has 0 aliphatic heterocycles. The molecule has 1 aromatic carbocycles. The summed E-state index contributed by atoms with van der Waals surface area (Å²) in [5.74, 6) is -3.67. The molecule has 5 nitrogen and oxygen atoms in total. The number of benzene rings is 1.